The summed E-state index contributed by atoms with van der Waals surface area (Å²) in [5.74, 6) is 2.21. The molecule has 4 rings (SSSR count). The van der Waals surface area contributed by atoms with E-state index in [-0.39, 0.29) is 35.5 Å². The third kappa shape index (κ3) is 5.19. The molecule has 5 unspecified atom stereocenters. The van der Waals surface area contributed by atoms with Crippen LogP contribution >= 0.6 is 0 Å². The monoisotopic (exact) mass is 513 g/mol. The molecule has 4 fully saturated rings. The number of hydrogen-bond donors (Lipinski definition) is 3. The van der Waals surface area contributed by atoms with Crippen LogP contribution in [0.15, 0.2) is 0 Å². The molecule has 0 spiro atoms. The van der Waals surface area contributed by atoms with Crippen LogP contribution in [-0.4, -0.2) is 65.5 Å². The largest absolute Gasteiger partial charge is 0.393 e. The van der Waals surface area contributed by atoms with Crippen molar-refractivity contribution in [3.8, 4) is 0 Å². The lowest BCUT2D eigenvalue weighted by atomic mass is 9.43. The van der Waals surface area contributed by atoms with Crippen LogP contribution in [0, 0.1) is 46.3 Å². The fraction of sp³-hybridized carbons (Fsp3) is 0.963. The molecule has 0 aromatic heterocycles. The number of nitrogens with zero attached hydrogens (tertiary/aromatic N) is 1. The Bertz CT molecular complexity index is 894. The number of aliphatic hydroxyl groups excluding tert-OH is 2. The van der Waals surface area contributed by atoms with Crippen molar-refractivity contribution >= 4 is 16.0 Å². The van der Waals surface area contributed by atoms with Crippen LogP contribution in [0.2, 0.25) is 0 Å². The lowest BCUT2D eigenvalue weighted by Crippen LogP contribution is -2.58. The highest BCUT2D eigenvalue weighted by Gasteiger charge is 2.62. The smallest absolute Gasteiger partial charge is 0.266 e. The van der Waals surface area contributed by atoms with E-state index in [0.717, 1.165) is 51.4 Å². The molecule has 0 aromatic carbocycles. The van der Waals surface area contributed by atoms with Gasteiger partial charge < -0.3 is 15.1 Å². The molecule has 4 aliphatic carbocycles. The molecule has 1 amide bonds. The van der Waals surface area contributed by atoms with E-state index in [1.807, 2.05) is 0 Å². The maximum absolute atomic E-state index is 12.6. The SMILES string of the molecule is CC(CCC(=O)N(C)CCS(=O)(=O)O)C1CCC2C3C(CC[C@]12C)[C@@]1(C)CC[C@@H](O)C[C@H]1C[C@@H]3O. The summed E-state index contributed by atoms with van der Waals surface area (Å²) < 4.78 is 30.9. The second-order valence-electron chi connectivity index (χ2n) is 13.1. The number of rotatable bonds is 7. The number of amides is 1. The molecule has 35 heavy (non-hydrogen) atoms. The van der Waals surface area contributed by atoms with Gasteiger partial charge in [-0.1, -0.05) is 20.8 Å². The van der Waals surface area contributed by atoms with Gasteiger partial charge in [-0.05, 0) is 104 Å². The topological polar surface area (TPSA) is 115 Å². The molecule has 10 atom stereocenters. The van der Waals surface area contributed by atoms with Crippen LogP contribution in [0.25, 0.3) is 0 Å². The average molecular weight is 514 g/mol. The average Bonchev–Trinajstić information content (AvgIpc) is 3.13. The highest BCUT2D eigenvalue weighted by Crippen LogP contribution is 2.68. The Kier molecular flexibility index (Phi) is 7.72. The van der Waals surface area contributed by atoms with Gasteiger partial charge in [0.05, 0.1) is 18.0 Å². The third-order valence-electron chi connectivity index (χ3n) is 11.3. The molecular formula is C27H47NO6S. The molecule has 4 aliphatic rings. The van der Waals surface area contributed by atoms with Gasteiger partial charge in [0, 0.05) is 20.0 Å². The maximum atomic E-state index is 12.6. The van der Waals surface area contributed by atoms with Crippen molar-refractivity contribution in [1.29, 1.82) is 0 Å². The highest BCUT2D eigenvalue weighted by molar-refractivity contribution is 7.85. The van der Waals surface area contributed by atoms with E-state index in [0.29, 0.717) is 41.9 Å². The molecule has 0 bridgehead atoms. The summed E-state index contributed by atoms with van der Waals surface area (Å²) in [7, 11) is -2.48. The number of carbonyl (C=O) groups is 1. The number of aliphatic hydroxyl groups is 2. The molecule has 202 valence electrons. The molecule has 3 N–H and O–H groups in total. The zero-order valence-corrected chi connectivity index (χ0v) is 22.8. The Hall–Kier alpha value is -0.700. The minimum Gasteiger partial charge on any atom is -0.393 e. The fourth-order valence-electron chi connectivity index (χ4n) is 9.30. The van der Waals surface area contributed by atoms with Crippen LogP contribution in [0.3, 0.4) is 0 Å². The Labute approximate surface area is 211 Å². The number of hydrogen-bond acceptors (Lipinski definition) is 5. The fourth-order valence-corrected chi connectivity index (χ4v) is 9.80. The van der Waals surface area contributed by atoms with Gasteiger partial charge in [-0.2, -0.15) is 8.42 Å². The first-order valence-electron chi connectivity index (χ1n) is 13.8. The zero-order valence-electron chi connectivity index (χ0n) is 22.0. The van der Waals surface area contributed by atoms with Crippen LogP contribution in [0.5, 0.6) is 0 Å². The van der Waals surface area contributed by atoms with Gasteiger partial charge in [0.1, 0.15) is 0 Å². The summed E-state index contributed by atoms with van der Waals surface area (Å²) in [6, 6.07) is 0. The van der Waals surface area contributed by atoms with E-state index in [4.69, 9.17) is 4.55 Å². The van der Waals surface area contributed by atoms with Crippen molar-refractivity contribution in [3.63, 3.8) is 0 Å². The first-order valence-corrected chi connectivity index (χ1v) is 15.4. The standard InChI is InChI=1S/C27H47NO6S/c1-17(5-8-24(31)28(4)13-14-35(32,33)34)20-6-7-21-25-22(10-12-27(20,21)3)26(2)11-9-19(29)15-18(26)16-23(25)30/h17-23,25,29-30H,5-16H2,1-4H3,(H,32,33,34)/t17?,18-,19+,20?,21?,22?,23-,25?,26-,27+/m0/s1. The molecule has 0 aromatic rings. The highest BCUT2D eigenvalue weighted by atomic mass is 32.2. The van der Waals surface area contributed by atoms with E-state index in [1.165, 1.54) is 11.3 Å². The van der Waals surface area contributed by atoms with Crippen LogP contribution in [0.1, 0.15) is 85.0 Å². The van der Waals surface area contributed by atoms with Crippen molar-refractivity contribution in [2.24, 2.45) is 46.3 Å². The van der Waals surface area contributed by atoms with Crippen LogP contribution < -0.4 is 0 Å². The first-order chi connectivity index (χ1) is 16.3. The van der Waals surface area contributed by atoms with Crippen LogP contribution in [-0.2, 0) is 14.9 Å². The lowest BCUT2D eigenvalue weighted by molar-refractivity contribution is -0.174. The minimum atomic E-state index is -4.07. The second-order valence-corrected chi connectivity index (χ2v) is 14.6. The Morgan fingerprint density at radius 1 is 1.03 bits per heavy atom. The molecule has 0 heterocycles. The van der Waals surface area contributed by atoms with Gasteiger partial charge in [0.25, 0.3) is 10.1 Å². The summed E-state index contributed by atoms with van der Waals surface area (Å²) in [5, 5.41) is 21.7. The number of carbonyl (C=O) groups excluding carboxylic acids is 1. The predicted octanol–water partition coefficient (Wildman–Crippen LogP) is 3.74. The van der Waals surface area contributed by atoms with Crippen molar-refractivity contribution in [3.05, 3.63) is 0 Å². The Morgan fingerprint density at radius 2 is 1.69 bits per heavy atom. The van der Waals surface area contributed by atoms with Gasteiger partial charge in [-0.25, -0.2) is 0 Å². The summed E-state index contributed by atoms with van der Waals surface area (Å²) in [6.45, 7) is 7.14. The molecule has 8 heteroatoms. The Balaban J connectivity index is 1.40. The minimum absolute atomic E-state index is 0.00696. The lowest BCUT2D eigenvalue weighted by Gasteiger charge is -2.62. The number of fused-ring (bicyclic) bond motifs is 5. The van der Waals surface area contributed by atoms with Gasteiger partial charge in [0.2, 0.25) is 5.91 Å². The van der Waals surface area contributed by atoms with Gasteiger partial charge in [-0.3, -0.25) is 9.35 Å². The zero-order chi connectivity index (χ0) is 25.8. The third-order valence-corrected chi connectivity index (χ3v) is 12.0. The van der Waals surface area contributed by atoms with E-state index in [9.17, 15) is 23.4 Å². The van der Waals surface area contributed by atoms with E-state index >= 15 is 0 Å². The summed E-state index contributed by atoms with van der Waals surface area (Å²) in [5.41, 5.74) is 0.409. The first kappa shape index (κ1) is 27.3. The van der Waals surface area contributed by atoms with Crippen molar-refractivity contribution < 1.29 is 28.0 Å². The molecule has 0 aliphatic heterocycles. The summed E-state index contributed by atoms with van der Waals surface area (Å²) in [6.07, 6.45) is 8.91. The quantitative estimate of drug-likeness (QED) is 0.447. The van der Waals surface area contributed by atoms with Gasteiger partial charge in [-0.15, -0.1) is 0 Å². The van der Waals surface area contributed by atoms with E-state index in [1.54, 1.807) is 7.05 Å². The second kappa shape index (κ2) is 9.88. The molecule has 4 saturated carbocycles. The predicted molar refractivity (Wildman–Crippen MR) is 135 cm³/mol. The molecule has 0 saturated heterocycles. The van der Waals surface area contributed by atoms with Gasteiger partial charge in [0.15, 0.2) is 0 Å². The molecule has 7 nitrogen and oxygen atoms in total. The van der Waals surface area contributed by atoms with E-state index < -0.39 is 15.9 Å². The Morgan fingerprint density at radius 3 is 2.37 bits per heavy atom. The molecular weight excluding hydrogens is 466 g/mol. The van der Waals surface area contributed by atoms with Crippen molar-refractivity contribution in [2.75, 3.05) is 19.3 Å². The van der Waals surface area contributed by atoms with Crippen LogP contribution in [0.4, 0.5) is 0 Å². The van der Waals surface area contributed by atoms with E-state index in [2.05, 4.69) is 20.8 Å². The maximum Gasteiger partial charge on any atom is 0.266 e. The van der Waals surface area contributed by atoms with Gasteiger partial charge >= 0.3 is 0 Å². The van der Waals surface area contributed by atoms with Crippen molar-refractivity contribution in [2.45, 2.75) is 97.2 Å². The van der Waals surface area contributed by atoms with Crippen molar-refractivity contribution in [1.82, 2.24) is 4.90 Å². The summed E-state index contributed by atoms with van der Waals surface area (Å²) >= 11 is 0. The summed E-state index contributed by atoms with van der Waals surface area (Å²) in [4.78, 5) is 14.0. The normalized spacial score (nSPS) is 44.1. The molecule has 0 radical (unpaired) electrons.